The molecule has 16 heavy (non-hydrogen) atoms. The molecule has 1 aromatic rings. The zero-order valence-electron chi connectivity index (χ0n) is 8.34. The number of carbonyl (C=O) groups excluding carboxylic acids is 1. The Labute approximate surface area is 98.0 Å². The van der Waals surface area contributed by atoms with Gasteiger partial charge in [0.05, 0.1) is 18.4 Å². The Kier molecular flexibility index (Phi) is 3.16. The molecule has 1 amide bonds. The Morgan fingerprint density at radius 1 is 1.56 bits per heavy atom. The first-order valence-electron chi connectivity index (χ1n) is 4.70. The van der Waals surface area contributed by atoms with Gasteiger partial charge in [-0.3, -0.25) is 4.79 Å². The molecule has 1 aliphatic rings. The van der Waals surface area contributed by atoms with E-state index in [4.69, 9.17) is 16.6 Å². The second-order valence-electron chi connectivity index (χ2n) is 3.12. The molecule has 0 atom stereocenters. The molecule has 0 aromatic carbocycles. The minimum absolute atomic E-state index is 0.241. The number of carbonyl (C=O) groups is 1. The molecule has 2 rings (SSSR count). The molecule has 1 aromatic heterocycles. The molecule has 0 spiro atoms. The first-order chi connectivity index (χ1) is 7.77. The summed E-state index contributed by atoms with van der Waals surface area (Å²) in [5.41, 5.74) is 0.407. The fourth-order valence-electron chi connectivity index (χ4n) is 1.24. The molecule has 0 bridgehead atoms. The lowest BCUT2D eigenvalue weighted by Gasteiger charge is -2.09. The first kappa shape index (κ1) is 10.6. The van der Waals surface area contributed by atoms with Gasteiger partial charge in [0.2, 0.25) is 0 Å². The highest BCUT2D eigenvalue weighted by molar-refractivity contribution is 7.80. The van der Waals surface area contributed by atoms with Gasteiger partial charge in [-0.2, -0.15) is 0 Å². The summed E-state index contributed by atoms with van der Waals surface area (Å²) in [6, 6.07) is 3.56. The van der Waals surface area contributed by atoms with E-state index in [0.29, 0.717) is 22.9 Å². The van der Waals surface area contributed by atoms with Crippen LogP contribution in [0.4, 0.5) is 0 Å². The summed E-state index contributed by atoms with van der Waals surface area (Å²) in [5.74, 6) is 0.456. The molecule has 2 heterocycles. The van der Waals surface area contributed by atoms with Crippen molar-refractivity contribution in [3.63, 3.8) is 0 Å². The van der Waals surface area contributed by atoms with Crippen molar-refractivity contribution in [2.45, 2.75) is 6.54 Å². The van der Waals surface area contributed by atoms with Crippen molar-refractivity contribution in [1.82, 2.24) is 10.6 Å². The second-order valence-corrected chi connectivity index (χ2v) is 3.50. The van der Waals surface area contributed by atoms with Crippen LogP contribution in [0, 0.1) is 0 Å². The van der Waals surface area contributed by atoms with Gasteiger partial charge in [0.15, 0.2) is 0 Å². The lowest BCUT2D eigenvalue weighted by molar-refractivity contribution is -0.117. The Bertz CT molecular complexity index is 460. The van der Waals surface area contributed by atoms with Crippen molar-refractivity contribution in [2.75, 3.05) is 0 Å². The van der Waals surface area contributed by atoms with Crippen LogP contribution in [0.15, 0.2) is 46.7 Å². The molecular weight excluding hydrogens is 224 g/mol. The number of furan rings is 1. The number of nitrogens with zero attached hydrogens (tertiary/aromatic N) is 1. The highest BCUT2D eigenvalue weighted by Gasteiger charge is 2.16. The highest BCUT2D eigenvalue weighted by atomic mass is 32.1. The van der Waals surface area contributed by atoms with Crippen LogP contribution in [0.3, 0.4) is 0 Å². The van der Waals surface area contributed by atoms with Crippen molar-refractivity contribution in [3.05, 3.63) is 48.1 Å². The molecule has 0 fully saturated rings. The van der Waals surface area contributed by atoms with Crippen LogP contribution in [0.5, 0.6) is 0 Å². The molecule has 4 nitrogen and oxygen atoms in total. The monoisotopic (exact) mass is 233 g/mol. The van der Waals surface area contributed by atoms with Crippen LogP contribution in [-0.4, -0.2) is 10.9 Å². The standard InChI is InChI=1S/C11H9N2O2S/c14-10(9-4-1-5-12-11(9)16)13-7-8-3-2-6-15-8/h1-6H,7H2,(H,13,14). The summed E-state index contributed by atoms with van der Waals surface area (Å²) in [6.07, 6.45) is 6.44. The van der Waals surface area contributed by atoms with Crippen molar-refractivity contribution in [2.24, 2.45) is 0 Å². The van der Waals surface area contributed by atoms with Crippen LogP contribution in [0.2, 0.25) is 0 Å². The Balaban J connectivity index is 1.95. The number of hydrogen-bond acceptors (Lipinski definition) is 3. The maximum absolute atomic E-state index is 11.7. The summed E-state index contributed by atoms with van der Waals surface area (Å²) in [5, 5.41) is 6.58. The third-order valence-electron chi connectivity index (χ3n) is 2.02. The van der Waals surface area contributed by atoms with Crippen molar-refractivity contribution < 1.29 is 9.21 Å². The van der Waals surface area contributed by atoms with Gasteiger partial charge < -0.3 is 9.73 Å². The maximum atomic E-state index is 11.7. The molecular formula is C11H9N2O2S. The lowest BCUT2D eigenvalue weighted by Crippen LogP contribution is -2.30. The van der Waals surface area contributed by atoms with Gasteiger partial charge in [-0.15, -0.1) is 0 Å². The van der Waals surface area contributed by atoms with Gasteiger partial charge in [0.25, 0.3) is 5.91 Å². The molecule has 0 aliphatic carbocycles. The normalized spacial score (nSPS) is 14.2. The predicted molar refractivity (Wildman–Crippen MR) is 62.5 cm³/mol. The van der Waals surface area contributed by atoms with E-state index in [1.165, 1.54) is 0 Å². The molecule has 81 valence electrons. The zero-order chi connectivity index (χ0) is 11.4. The Hall–Kier alpha value is -1.88. The van der Waals surface area contributed by atoms with E-state index in [1.54, 1.807) is 36.7 Å². The molecule has 0 unspecified atom stereocenters. The molecule has 1 aliphatic heterocycles. The minimum Gasteiger partial charge on any atom is -0.467 e. The number of nitrogens with one attached hydrogen (secondary N) is 1. The Morgan fingerprint density at radius 3 is 3.12 bits per heavy atom. The van der Waals surface area contributed by atoms with Crippen molar-refractivity contribution in [1.29, 1.82) is 0 Å². The van der Waals surface area contributed by atoms with Crippen molar-refractivity contribution >= 4 is 23.1 Å². The Morgan fingerprint density at radius 2 is 2.44 bits per heavy atom. The van der Waals surface area contributed by atoms with E-state index in [2.05, 4.69) is 10.6 Å². The summed E-state index contributed by atoms with van der Waals surface area (Å²) >= 11 is 4.95. The molecule has 5 heteroatoms. The first-order valence-corrected chi connectivity index (χ1v) is 5.11. The van der Waals surface area contributed by atoms with E-state index in [0.717, 1.165) is 0 Å². The number of hydrogen-bond donors (Lipinski definition) is 1. The van der Waals surface area contributed by atoms with Gasteiger partial charge in [0.1, 0.15) is 10.7 Å². The van der Waals surface area contributed by atoms with Gasteiger partial charge >= 0.3 is 0 Å². The number of amides is 1. The topological polar surface area (TPSA) is 56.3 Å². The molecule has 0 saturated heterocycles. The predicted octanol–water partition coefficient (Wildman–Crippen LogP) is 1.28. The van der Waals surface area contributed by atoms with E-state index >= 15 is 0 Å². The fourth-order valence-corrected chi connectivity index (χ4v) is 1.46. The van der Waals surface area contributed by atoms with Gasteiger partial charge in [-0.1, -0.05) is 12.2 Å². The SMILES string of the molecule is O=C(NCc1ccco1)C1=CC=C[N]C1=S. The van der Waals surface area contributed by atoms with Gasteiger partial charge in [-0.05, 0) is 24.3 Å². The van der Waals surface area contributed by atoms with E-state index < -0.39 is 0 Å². The molecule has 1 N–H and O–H groups in total. The zero-order valence-corrected chi connectivity index (χ0v) is 9.16. The lowest BCUT2D eigenvalue weighted by atomic mass is 10.2. The van der Waals surface area contributed by atoms with E-state index in [-0.39, 0.29) is 5.91 Å². The minimum atomic E-state index is -0.241. The van der Waals surface area contributed by atoms with Crippen LogP contribution in [0.25, 0.3) is 0 Å². The van der Waals surface area contributed by atoms with E-state index in [9.17, 15) is 4.79 Å². The third kappa shape index (κ3) is 2.38. The smallest absolute Gasteiger partial charge is 0.254 e. The number of thiocarbonyl (C=S) groups is 1. The number of allylic oxidation sites excluding steroid dienone is 2. The quantitative estimate of drug-likeness (QED) is 0.800. The fraction of sp³-hybridized carbons (Fsp3) is 0.0909. The van der Waals surface area contributed by atoms with Crippen molar-refractivity contribution in [3.8, 4) is 0 Å². The largest absolute Gasteiger partial charge is 0.467 e. The average Bonchev–Trinajstić information content (AvgIpc) is 2.79. The van der Waals surface area contributed by atoms with Crippen LogP contribution in [0.1, 0.15) is 5.76 Å². The van der Waals surface area contributed by atoms with Crippen LogP contribution >= 0.6 is 12.2 Å². The summed E-state index contributed by atoms with van der Waals surface area (Å²) in [7, 11) is 0. The summed E-state index contributed by atoms with van der Waals surface area (Å²) < 4.78 is 5.09. The molecule has 0 saturated carbocycles. The summed E-state index contributed by atoms with van der Waals surface area (Å²) in [6.45, 7) is 0.343. The van der Waals surface area contributed by atoms with Gasteiger partial charge in [0, 0.05) is 6.20 Å². The van der Waals surface area contributed by atoms with Gasteiger partial charge in [-0.25, -0.2) is 5.32 Å². The summed E-state index contributed by atoms with van der Waals surface area (Å²) in [4.78, 5) is 12.0. The average molecular weight is 233 g/mol. The third-order valence-corrected chi connectivity index (χ3v) is 2.34. The second kappa shape index (κ2) is 4.76. The van der Waals surface area contributed by atoms with E-state index in [1.807, 2.05) is 0 Å². The maximum Gasteiger partial charge on any atom is 0.254 e. The van der Waals surface area contributed by atoms with Crippen LogP contribution in [-0.2, 0) is 11.3 Å². The van der Waals surface area contributed by atoms with Crippen LogP contribution < -0.4 is 10.6 Å². The number of rotatable bonds is 3. The molecule has 1 radical (unpaired) electrons. The highest BCUT2D eigenvalue weighted by Crippen LogP contribution is 2.05.